The van der Waals surface area contributed by atoms with Gasteiger partial charge in [0.2, 0.25) is 0 Å². The van der Waals surface area contributed by atoms with Crippen LogP contribution in [0.25, 0.3) is 11.3 Å². The second-order valence-electron chi connectivity index (χ2n) is 4.98. The quantitative estimate of drug-likeness (QED) is 0.833. The van der Waals surface area contributed by atoms with Crippen molar-refractivity contribution < 1.29 is 5.11 Å². The molecular weight excluding hydrogens is 212 g/mol. The van der Waals surface area contributed by atoms with Gasteiger partial charge in [-0.1, -0.05) is 29.8 Å². The number of rotatable bonds is 2. The number of hydrogen-bond acceptors (Lipinski definition) is 2. The Morgan fingerprint density at radius 1 is 1.12 bits per heavy atom. The van der Waals surface area contributed by atoms with Crippen LogP contribution in [0.4, 0.5) is 0 Å². The van der Waals surface area contributed by atoms with Crippen molar-refractivity contribution >= 4 is 0 Å². The van der Waals surface area contributed by atoms with Crippen LogP contribution in [-0.2, 0) is 5.60 Å². The van der Waals surface area contributed by atoms with Crippen molar-refractivity contribution in [1.29, 1.82) is 0 Å². The fourth-order valence-corrected chi connectivity index (χ4v) is 1.74. The first-order chi connectivity index (χ1) is 7.88. The van der Waals surface area contributed by atoms with E-state index < -0.39 is 5.60 Å². The number of aromatic amines is 1. The van der Waals surface area contributed by atoms with Crippen LogP contribution in [-0.4, -0.2) is 15.1 Å². The Hall–Kier alpha value is -1.61. The Morgan fingerprint density at radius 2 is 1.71 bits per heavy atom. The van der Waals surface area contributed by atoms with E-state index in [4.69, 9.17) is 0 Å². The molecule has 0 spiro atoms. The van der Waals surface area contributed by atoms with E-state index in [0.717, 1.165) is 17.0 Å². The highest BCUT2D eigenvalue weighted by molar-refractivity contribution is 5.62. The van der Waals surface area contributed by atoms with Crippen molar-refractivity contribution in [3.8, 4) is 11.3 Å². The molecule has 17 heavy (non-hydrogen) atoms. The highest BCUT2D eigenvalue weighted by Crippen LogP contribution is 2.25. The lowest BCUT2D eigenvalue weighted by Crippen LogP contribution is -2.17. The third-order valence-corrected chi connectivity index (χ3v) is 2.79. The molecule has 2 rings (SSSR count). The highest BCUT2D eigenvalue weighted by atomic mass is 16.3. The van der Waals surface area contributed by atoms with Crippen LogP contribution in [0.1, 0.15) is 30.9 Å². The minimum atomic E-state index is -0.937. The van der Waals surface area contributed by atoms with Gasteiger partial charge < -0.3 is 10.1 Å². The van der Waals surface area contributed by atoms with Crippen LogP contribution in [0.15, 0.2) is 24.3 Å². The first-order valence-electron chi connectivity index (χ1n) is 5.74. The van der Waals surface area contributed by atoms with Gasteiger partial charge in [-0.2, -0.15) is 0 Å². The van der Waals surface area contributed by atoms with Crippen LogP contribution in [0.2, 0.25) is 0 Å². The fourth-order valence-electron chi connectivity index (χ4n) is 1.74. The maximum absolute atomic E-state index is 9.92. The van der Waals surface area contributed by atoms with E-state index in [1.165, 1.54) is 5.56 Å². The largest absolute Gasteiger partial charge is 0.383 e. The number of imidazole rings is 1. The van der Waals surface area contributed by atoms with Crippen LogP contribution in [0.5, 0.6) is 0 Å². The number of hydrogen-bond donors (Lipinski definition) is 2. The molecule has 0 amide bonds. The summed E-state index contributed by atoms with van der Waals surface area (Å²) in [7, 11) is 0. The van der Waals surface area contributed by atoms with Gasteiger partial charge in [-0.25, -0.2) is 4.98 Å². The van der Waals surface area contributed by atoms with Gasteiger partial charge in [-0.15, -0.1) is 0 Å². The van der Waals surface area contributed by atoms with Crippen LogP contribution in [0.3, 0.4) is 0 Å². The summed E-state index contributed by atoms with van der Waals surface area (Å²) in [5.41, 5.74) is 3.24. The van der Waals surface area contributed by atoms with Gasteiger partial charge in [0.1, 0.15) is 11.4 Å². The van der Waals surface area contributed by atoms with Gasteiger partial charge in [-0.3, -0.25) is 0 Å². The maximum Gasteiger partial charge on any atom is 0.138 e. The van der Waals surface area contributed by atoms with E-state index in [0.29, 0.717) is 5.82 Å². The molecule has 0 bridgehead atoms. The summed E-state index contributed by atoms with van der Waals surface area (Å²) < 4.78 is 0. The van der Waals surface area contributed by atoms with Crippen LogP contribution >= 0.6 is 0 Å². The normalized spacial score (nSPS) is 11.8. The van der Waals surface area contributed by atoms with E-state index in [-0.39, 0.29) is 0 Å². The van der Waals surface area contributed by atoms with E-state index in [2.05, 4.69) is 29.0 Å². The van der Waals surface area contributed by atoms with Gasteiger partial charge in [0.05, 0.1) is 5.69 Å². The molecule has 3 nitrogen and oxygen atoms in total. The standard InChI is InChI=1S/C14H18N2O/c1-9-5-7-11(8-6-9)12-10(2)15-13(16-12)14(3,4)17/h5-8,17H,1-4H3,(H,15,16). The van der Waals surface area contributed by atoms with Gasteiger partial charge in [0, 0.05) is 11.3 Å². The second kappa shape index (κ2) is 4.00. The third-order valence-electron chi connectivity index (χ3n) is 2.79. The van der Waals surface area contributed by atoms with E-state index in [9.17, 15) is 5.11 Å². The Morgan fingerprint density at radius 3 is 2.18 bits per heavy atom. The smallest absolute Gasteiger partial charge is 0.138 e. The number of aliphatic hydroxyl groups is 1. The molecule has 0 aliphatic heterocycles. The fraction of sp³-hybridized carbons (Fsp3) is 0.357. The Kier molecular flexibility index (Phi) is 2.79. The van der Waals surface area contributed by atoms with Gasteiger partial charge in [-0.05, 0) is 27.7 Å². The molecule has 90 valence electrons. The predicted octanol–water partition coefficient (Wildman–Crippen LogP) is 2.92. The predicted molar refractivity (Wildman–Crippen MR) is 68.7 cm³/mol. The summed E-state index contributed by atoms with van der Waals surface area (Å²) in [6.07, 6.45) is 0. The van der Waals surface area contributed by atoms with Gasteiger partial charge in [0.15, 0.2) is 0 Å². The molecule has 0 aliphatic carbocycles. The zero-order valence-corrected chi connectivity index (χ0v) is 10.7. The number of nitrogens with one attached hydrogen (secondary N) is 1. The number of nitrogens with zero attached hydrogens (tertiary/aromatic N) is 1. The SMILES string of the molecule is Cc1ccc(-c2nc(C(C)(C)O)[nH]c2C)cc1. The zero-order chi connectivity index (χ0) is 12.6. The van der Waals surface area contributed by atoms with Crippen LogP contribution in [0, 0.1) is 13.8 Å². The first kappa shape index (κ1) is 11.9. The Bertz CT molecular complexity index is 518. The summed E-state index contributed by atoms with van der Waals surface area (Å²) in [5.74, 6) is 0.602. The van der Waals surface area contributed by atoms with Crippen LogP contribution < -0.4 is 0 Å². The molecule has 1 aromatic heterocycles. The second-order valence-corrected chi connectivity index (χ2v) is 4.98. The molecule has 0 saturated heterocycles. The lowest BCUT2D eigenvalue weighted by Gasteiger charge is -2.12. The molecule has 2 N–H and O–H groups in total. The first-order valence-corrected chi connectivity index (χ1v) is 5.74. The van der Waals surface area contributed by atoms with E-state index in [1.807, 2.05) is 19.1 Å². The topological polar surface area (TPSA) is 48.9 Å². The minimum absolute atomic E-state index is 0.602. The summed E-state index contributed by atoms with van der Waals surface area (Å²) >= 11 is 0. The molecule has 0 saturated carbocycles. The molecule has 1 aromatic carbocycles. The summed E-state index contributed by atoms with van der Waals surface area (Å²) in [4.78, 5) is 7.61. The molecule has 0 radical (unpaired) electrons. The van der Waals surface area contributed by atoms with Crippen molar-refractivity contribution in [2.24, 2.45) is 0 Å². The lowest BCUT2D eigenvalue weighted by molar-refractivity contribution is 0.0696. The molecule has 2 aromatic rings. The number of aryl methyl sites for hydroxylation is 2. The molecule has 0 atom stereocenters. The molecule has 1 heterocycles. The molecule has 0 unspecified atom stereocenters. The summed E-state index contributed by atoms with van der Waals surface area (Å²) in [5, 5.41) is 9.92. The summed E-state index contributed by atoms with van der Waals surface area (Å²) in [6, 6.07) is 8.22. The molecule has 0 aliphatic rings. The average Bonchev–Trinajstić information content (AvgIpc) is 2.61. The average molecular weight is 230 g/mol. The van der Waals surface area contributed by atoms with Crippen molar-refractivity contribution in [2.75, 3.05) is 0 Å². The maximum atomic E-state index is 9.92. The third kappa shape index (κ3) is 2.39. The van der Waals surface area contributed by atoms with Crippen molar-refractivity contribution in [1.82, 2.24) is 9.97 Å². The van der Waals surface area contributed by atoms with Crippen molar-refractivity contribution in [3.63, 3.8) is 0 Å². The number of benzene rings is 1. The Labute approximate surface area is 102 Å². The van der Waals surface area contributed by atoms with E-state index in [1.54, 1.807) is 13.8 Å². The molecular formula is C14H18N2O. The van der Waals surface area contributed by atoms with Gasteiger partial charge >= 0.3 is 0 Å². The number of H-pyrrole nitrogens is 1. The monoisotopic (exact) mass is 230 g/mol. The number of aromatic nitrogens is 2. The minimum Gasteiger partial charge on any atom is -0.383 e. The van der Waals surface area contributed by atoms with Crippen molar-refractivity contribution in [2.45, 2.75) is 33.3 Å². The van der Waals surface area contributed by atoms with E-state index >= 15 is 0 Å². The Balaban J connectivity index is 2.46. The molecule has 0 fully saturated rings. The van der Waals surface area contributed by atoms with Crippen molar-refractivity contribution in [3.05, 3.63) is 41.3 Å². The zero-order valence-electron chi connectivity index (χ0n) is 10.7. The molecule has 3 heteroatoms. The highest BCUT2D eigenvalue weighted by Gasteiger charge is 2.21. The summed E-state index contributed by atoms with van der Waals surface area (Å²) in [6.45, 7) is 7.48. The van der Waals surface area contributed by atoms with Gasteiger partial charge in [0.25, 0.3) is 0 Å². The lowest BCUT2D eigenvalue weighted by atomic mass is 10.1.